The maximum atomic E-state index is 12.3. The van der Waals surface area contributed by atoms with E-state index in [4.69, 9.17) is 14.2 Å². The van der Waals surface area contributed by atoms with Gasteiger partial charge in [-0.25, -0.2) is 8.42 Å². The Hall–Kier alpha value is -2.30. The molecule has 10 heteroatoms. The number of halogens is 1. The first-order valence-electron chi connectivity index (χ1n) is 8.31. The maximum Gasteiger partial charge on any atom is 0.275 e. The summed E-state index contributed by atoms with van der Waals surface area (Å²) in [6, 6.07) is 11.0. The smallest absolute Gasteiger partial charge is 0.275 e. The van der Waals surface area contributed by atoms with E-state index in [0.717, 1.165) is 0 Å². The number of carbonyl (C=O) groups is 1. The van der Waals surface area contributed by atoms with Crippen molar-refractivity contribution in [3.63, 3.8) is 0 Å². The van der Waals surface area contributed by atoms with Crippen molar-refractivity contribution in [2.24, 2.45) is 0 Å². The second kappa shape index (κ2) is 9.76. The van der Waals surface area contributed by atoms with Gasteiger partial charge in [0.15, 0.2) is 6.10 Å². The van der Waals surface area contributed by atoms with E-state index in [1.807, 2.05) is 11.8 Å². The van der Waals surface area contributed by atoms with Gasteiger partial charge in [-0.3, -0.25) is 10.2 Å². The SMILES string of the molecule is CCOc1ccc(OC(C)C(=O)NNS(=O)(=O)c2ccc(OC)c(Br)c2)cc1. The minimum absolute atomic E-state index is 0.0411. The van der Waals surface area contributed by atoms with Crippen LogP contribution in [-0.4, -0.2) is 34.1 Å². The lowest BCUT2D eigenvalue weighted by molar-refractivity contribution is -0.127. The first-order chi connectivity index (χ1) is 13.3. The Morgan fingerprint density at radius 1 is 1.14 bits per heavy atom. The summed E-state index contributed by atoms with van der Waals surface area (Å²) in [6.07, 6.45) is -0.928. The van der Waals surface area contributed by atoms with Gasteiger partial charge in [0, 0.05) is 0 Å². The van der Waals surface area contributed by atoms with Gasteiger partial charge in [0.1, 0.15) is 17.2 Å². The summed E-state index contributed by atoms with van der Waals surface area (Å²) in [7, 11) is -2.49. The second-order valence-electron chi connectivity index (χ2n) is 5.56. The van der Waals surface area contributed by atoms with Crippen molar-refractivity contribution < 1.29 is 27.4 Å². The van der Waals surface area contributed by atoms with E-state index < -0.39 is 22.0 Å². The van der Waals surface area contributed by atoms with E-state index in [2.05, 4.69) is 21.4 Å². The number of rotatable bonds is 9. The summed E-state index contributed by atoms with van der Waals surface area (Å²) < 4.78 is 41.0. The molecule has 2 N–H and O–H groups in total. The lowest BCUT2D eigenvalue weighted by Crippen LogP contribution is -2.47. The number of amides is 1. The van der Waals surface area contributed by atoms with Crippen LogP contribution in [-0.2, 0) is 14.8 Å². The van der Waals surface area contributed by atoms with Crippen LogP contribution in [0.5, 0.6) is 17.2 Å². The molecule has 1 unspecified atom stereocenters. The molecule has 0 spiro atoms. The molecule has 0 heterocycles. The third-order valence-corrected chi connectivity index (χ3v) is 5.42. The minimum atomic E-state index is -3.96. The lowest BCUT2D eigenvalue weighted by Gasteiger charge is -2.16. The van der Waals surface area contributed by atoms with Gasteiger partial charge < -0.3 is 14.2 Å². The normalized spacial score (nSPS) is 12.1. The summed E-state index contributed by atoms with van der Waals surface area (Å²) in [6.45, 7) is 3.93. The molecular weight excluding hydrogens is 452 g/mol. The zero-order chi connectivity index (χ0) is 20.7. The molecule has 0 bridgehead atoms. The number of methoxy groups -OCH3 is 1. The van der Waals surface area contributed by atoms with E-state index in [1.54, 1.807) is 24.3 Å². The van der Waals surface area contributed by atoms with Crippen LogP contribution in [0.15, 0.2) is 51.8 Å². The molecule has 0 saturated carbocycles. The highest BCUT2D eigenvalue weighted by molar-refractivity contribution is 9.10. The quantitative estimate of drug-likeness (QED) is 0.543. The van der Waals surface area contributed by atoms with Crippen LogP contribution < -0.4 is 24.5 Å². The Bertz CT molecular complexity index is 918. The molecule has 1 atom stereocenters. The molecule has 0 aliphatic carbocycles. The standard InChI is InChI=1S/C18H21BrN2O6S/c1-4-26-13-5-7-14(8-6-13)27-12(2)18(22)20-21-28(23,24)15-9-10-17(25-3)16(19)11-15/h5-12,21H,4H2,1-3H3,(H,20,22). The van der Waals surface area contributed by atoms with E-state index >= 15 is 0 Å². The van der Waals surface area contributed by atoms with Gasteiger partial charge >= 0.3 is 0 Å². The molecule has 2 rings (SSSR count). The first-order valence-corrected chi connectivity index (χ1v) is 10.6. The van der Waals surface area contributed by atoms with Crippen LogP contribution in [0.3, 0.4) is 0 Å². The molecule has 2 aromatic carbocycles. The number of carbonyl (C=O) groups excluding carboxylic acids is 1. The van der Waals surface area contributed by atoms with Crippen molar-refractivity contribution in [3.8, 4) is 17.2 Å². The molecule has 1 amide bonds. The van der Waals surface area contributed by atoms with Gasteiger partial charge in [-0.1, -0.05) is 0 Å². The van der Waals surface area contributed by atoms with Gasteiger partial charge in [-0.15, -0.1) is 4.83 Å². The predicted octanol–water partition coefficient (Wildman–Crippen LogP) is 2.63. The fraction of sp³-hybridized carbons (Fsp3) is 0.278. The van der Waals surface area contributed by atoms with Crippen LogP contribution >= 0.6 is 15.9 Å². The Labute approximate surface area is 172 Å². The largest absolute Gasteiger partial charge is 0.496 e. The fourth-order valence-corrected chi connectivity index (χ4v) is 3.70. The first kappa shape index (κ1) is 22.0. The van der Waals surface area contributed by atoms with Crippen LogP contribution in [0.2, 0.25) is 0 Å². The number of ether oxygens (including phenoxy) is 3. The minimum Gasteiger partial charge on any atom is -0.496 e. The molecule has 2 aromatic rings. The molecule has 8 nitrogen and oxygen atoms in total. The number of sulfonamides is 1. The van der Waals surface area contributed by atoms with Crippen LogP contribution in [0.1, 0.15) is 13.8 Å². The number of hydrazine groups is 1. The van der Waals surface area contributed by atoms with Crippen LogP contribution in [0.4, 0.5) is 0 Å². The summed E-state index contributed by atoms with van der Waals surface area (Å²) in [5.74, 6) is 0.976. The highest BCUT2D eigenvalue weighted by atomic mass is 79.9. The Morgan fingerprint density at radius 2 is 1.79 bits per heavy atom. The van der Waals surface area contributed by atoms with E-state index in [1.165, 1.54) is 32.2 Å². The Kier molecular flexibility index (Phi) is 7.67. The number of nitrogens with one attached hydrogen (secondary N) is 2. The van der Waals surface area contributed by atoms with Crippen LogP contribution in [0.25, 0.3) is 0 Å². The zero-order valence-electron chi connectivity index (χ0n) is 15.6. The molecule has 0 radical (unpaired) electrons. The van der Waals surface area contributed by atoms with Gasteiger partial charge in [0.2, 0.25) is 0 Å². The molecule has 152 valence electrons. The van der Waals surface area contributed by atoms with Gasteiger partial charge in [0.25, 0.3) is 15.9 Å². The van der Waals surface area contributed by atoms with Crippen molar-refractivity contribution in [2.75, 3.05) is 13.7 Å². The predicted molar refractivity (Wildman–Crippen MR) is 107 cm³/mol. The number of hydrogen-bond donors (Lipinski definition) is 2. The third-order valence-electron chi connectivity index (χ3n) is 3.56. The lowest BCUT2D eigenvalue weighted by atomic mass is 10.3. The maximum absolute atomic E-state index is 12.3. The topological polar surface area (TPSA) is 103 Å². The van der Waals surface area contributed by atoms with E-state index in [0.29, 0.717) is 28.3 Å². The van der Waals surface area contributed by atoms with Crippen molar-refractivity contribution in [1.29, 1.82) is 0 Å². The Morgan fingerprint density at radius 3 is 2.36 bits per heavy atom. The highest BCUT2D eigenvalue weighted by Crippen LogP contribution is 2.27. The number of hydrogen-bond acceptors (Lipinski definition) is 6. The molecule has 0 aliphatic heterocycles. The third kappa shape index (κ3) is 5.85. The monoisotopic (exact) mass is 472 g/mol. The summed E-state index contributed by atoms with van der Waals surface area (Å²) in [4.78, 5) is 14.1. The highest BCUT2D eigenvalue weighted by Gasteiger charge is 2.20. The van der Waals surface area contributed by atoms with Crippen molar-refractivity contribution in [1.82, 2.24) is 10.3 Å². The van der Waals surface area contributed by atoms with Crippen molar-refractivity contribution in [2.45, 2.75) is 24.8 Å². The number of benzene rings is 2. The molecule has 0 aromatic heterocycles. The average Bonchev–Trinajstić information content (AvgIpc) is 2.67. The van der Waals surface area contributed by atoms with Gasteiger partial charge in [0.05, 0.1) is 23.1 Å². The summed E-state index contributed by atoms with van der Waals surface area (Å²) in [5.41, 5.74) is 2.15. The van der Waals surface area contributed by atoms with Gasteiger partial charge in [-0.2, -0.15) is 0 Å². The fourth-order valence-electron chi connectivity index (χ4n) is 2.13. The molecule has 0 fully saturated rings. The Balaban J connectivity index is 1.95. The average molecular weight is 473 g/mol. The molecule has 0 saturated heterocycles. The zero-order valence-corrected chi connectivity index (χ0v) is 18.0. The molecule has 28 heavy (non-hydrogen) atoms. The van der Waals surface area contributed by atoms with Crippen molar-refractivity contribution in [3.05, 3.63) is 46.9 Å². The van der Waals surface area contributed by atoms with Crippen LogP contribution in [0, 0.1) is 0 Å². The van der Waals surface area contributed by atoms with E-state index in [9.17, 15) is 13.2 Å². The second-order valence-corrected chi connectivity index (χ2v) is 8.09. The van der Waals surface area contributed by atoms with Crippen molar-refractivity contribution >= 4 is 31.9 Å². The molecular formula is C18H21BrN2O6S. The van der Waals surface area contributed by atoms with Gasteiger partial charge in [-0.05, 0) is 72.2 Å². The summed E-state index contributed by atoms with van der Waals surface area (Å²) >= 11 is 3.22. The molecule has 0 aliphatic rings. The van der Waals surface area contributed by atoms with E-state index in [-0.39, 0.29) is 4.90 Å². The summed E-state index contributed by atoms with van der Waals surface area (Å²) in [5, 5.41) is 0.